The van der Waals surface area contributed by atoms with Gasteiger partial charge in [0.15, 0.2) is 5.13 Å². The van der Waals surface area contributed by atoms with Crippen LogP contribution >= 0.6 is 11.3 Å². The Labute approximate surface area is 101 Å². The summed E-state index contributed by atoms with van der Waals surface area (Å²) >= 11 is 1.29. The summed E-state index contributed by atoms with van der Waals surface area (Å²) in [6, 6.07) is 0. The molecule has 0 spiro atoms. The molecule has 1 saturated heterocycles. The molecule has 0 aliphatic carbocycles. The monoisotopic (exact) mass is 254 g/mol. The summed E-state index contributed by atoms with van der Waals surface area (Å²) < 4.78 is 0. The predicted molar refractivity (Wildman–Crippen MR) is 59.9 cm³/mol. The zero-order valence-electron chi connectivity index (χ0n) is 8.94. The highest BCUT2D eigenvalue weighted by Crippen LogP contribution is 2.16. The minimum Gasteiger partial charge on any atom is -0.302 e. The number of carbonyl (C=O) groups excluding carboxylic acids is 3. The largest absolute Gasteiger partial charge is 0.302 e. The van der Waals surface area contributed by atoms with Crippen LogP contribution in [0.5, 0.6) is 0 Å². The summed E-state index contributed by atoms with van der Waals surface area (Å²) in [7, 11) is 0. The van der Waals surface area contributed by atoms with Crippen molar-refractivity contribution in [3.8, 4) is 0 Å². The highest BCUT2D eigenvalue weighted by molar-refractivity contribution is 7.13. The van der Waals surface area contributed by atoms with Crippen molar-refractivity contribution in [2.24, 2.45) is 5.92 Å². The van der Waals surface area contributed by atoms with Crippen LogP contribution in [0, 0.1) is 12.8 Å². The lowest BCUT2D eigenvalue weighted by atomic mass is 10.1. The lowest BCUT2D eigenvalue weighted by Gasteiger charge is -2.03. The molecule has 1 aliphatic rings. The van der Waals surface area contributed by atoms with Crippen LogP contribution in [0.4, 0.5) is 5.13 Å². The van der Waals surface area contributed by atoms with Crippen LogP contribution in [0.15, 0.2) is 5.38 Å². The molecule has 1 aromatic heterocycles. The van der Waals surface area contributed by atoms with Crippen LogP contribution < -0.4 is 16.2 Å². The summed E-state index contributed by atoms with van der Waals surface area (Å²) in [6.45, 7) is 1.81. The number of nitrogens with one attached hydrogen (secondary N) is 3. The highest BCUT2D eigenvalue weighted by atomic mass is 32.1. The molecular formula is C9H10N4O3S. The van der Waals surface area contributed by atoms with E-state index in [1.54, 1.807) is 5.38 Å². The number of thiazole rings is 1. The van der Waals surface area contributed by atoms with E-state index >= 15 is 0 Å². The van der Waals surface area contributed by atoms with E-state index in [2.05, 4.69) is 21.2 Å². The van der Waals surface area contributed by atoms with Gasteiger partial charge < -0.3 is 5.32 Å². The summed E-state index contributed by atoms with van der Waals surface area (Å²) in [5, 5.41) is 4.80. The third-order valence-electron chi connectivity index (χ3n) is 2.20. The number of anilines is 1. The number of aryl methyl sites for hydroxylation is 1. The fourth-order valence-corrected chi connectivity index (χ4v) is 2.07. The van der Waals surface area contributed by atoms with Crippen LogP contribution in [-0.4, -0.2) is 22.7 Å². The maximum Gasteiger partial charge on any atom is 0.251 e. The van der Waals surface area contributed by atoms with Gasteiger partial charge in [0.25, 0.3) is 11.8 Å². The van der Waals surface area contributed by atoms with E-state index in [4.69, 9.17) is 0 Å². The van der Waals surface area contributed by atoms with Gasteiger partial charge in [-0.05, 0) is 6.92 Å². The van der Waals surface area contributed by atoms with Gasteiger partial charge in [0.1, 0.15) is 5.92 Å². The van der Waals surface area contributed by atoms with Crippen LogP contribution in [0.2, 0.25) is 0 Å². The number of aromatic nitrogens is 1. The average Bonchev–Trinajstić information content (AvgIpc) is 2.79. The molecule has 3 N–H and O–H groups in total. The molecule has 0 saturated carbocycles. The van der Waals surface area contributed by atoms with E-state index in [0.717, 1.165) is 5.69 Å². The van der Waals surface area contributed by atoms with Crippen LogP contribution in [-0.2, 0) is 14.4 Å². The zero-order valence-corrected chi connectivity index (χ0v) is 9.76. The number of hydrazine groups is 1. The van der Waals surface area contributed by atoms with Crippen LogP contribution in [0.25, 0.3) is 0 Å². The average molecular weight is 254 g/mol. The van der Waals surface area contributed by atoms with E-state index in [9.17, 15) is 14.4 Å². The molecule has 17 heavy (non-hydrogen) atoms. The van der Waals surface area contributed by atoms with Crippen molar-refractivity contribution in [2.75, 3.05) is 5.32 Å². The van der Waals surface area contributed by atoms with E-state index in [1.165, 1.54) is 11.3 Å². The molecule has 0 aromatic carbocycles. The Morgan fingerprint density at radius 1 is 1.47 bits per heavy atom. The minimum absolute atomic E-state index is 0.184. The van der Waals surface area contributed by atoms with Crippen LogP contribution in [0.1, 0.15) is 12.1 Å². The zero-order chi connectivity index (χ0) is 12.4. The van der Waals surface area contributed by atoms with Gasteiger partial charge in [-0.25, -0.2) is 4.98 Å². The Balaban J connectivity index is 1.93. The van der Waals surface area contributed by atoms with Gasteiger partial charge in [-0.2, -0.15) is 0 Å². The maximum absolute atomic E-state index is 11.6. The first kappa shape index (κ1) is 11.5. The first-order valence-corrected chi connectivity index (χ1v) is 5.76. The molecular weight excluding hydrogens is 244 g/mol. The number of nitrogens with zero attached hydrogens (tertiary/aromatic N) is 1. The van der Waals surface area contributed by atoms with Gasteiger partial charge in [0.05, 0.1) is 5.69 Å². The Kier molecular flexibility index (Phi) is 3.05. The summed E-state index contributed by atoms with van der Waals surface area (Å²) in [5.74, 6) is -2.34. The molecule has 8 heteroatoms. The summed E-state index contributed by atoms with van der Waals surface area (Å²) in [4.78, 5) is 38.0. The second-order valence-corrected chi connectivity index (χ2v) is 4.44. The second-order valence-electron chi connectivity index (χ2n) is 3.58. The lowest BCUT2D eigenvalue weighted by molar-refractivity contribution is -0.131. The molecule has 0 unspecified atom stereocenters. The van der Waals surface area contributed by atoms with Crippen molar-refractivity contribution in [3.05, 3.63) is 11.1 Å². The first-order valence-electron chi connectivity index (χ1n) is 4.88. The van der Waals surface area contributed by atoms with Gasteiger partial charge >= 0.3 is 0 Å². The minimum atomic E-state index is -0.962. The fourth-order valence-electron chi connectivity index (χ4n) is 1.37. The molecule has 3 amide bonds. The normalized spacial score (nSPS) is 15.6. The Morgan fingerprint density at radius 3 is 2.65 bits per heavy atom. The first-order chi connectivity index (χ1) is 8.06. The van der Waals surface area contributed by atoms with E-state index in [1.807, 2.05) is 6.92 Å². The SMILES string of the molecule is Cc1csc(NC(=O)CC2C(=O)NNC2=O)n1. The topological polar surface area (TPSA) is 100 Å². The molecule has 0 bridgehead atoms. The van der Waals surface area contributed by atoms with E-state index in [-0.39, 0.29) is 6.42 Å². The third-order valence-corrected chi connectivity index (χ3v) is 3.07. The molecule has 1 fully saturated rings. The molecule has 0 radical (unpaired) electrons. The number of amides is 3. The van der Waals surface area contributed by atoms with E-state index in [0.29, 0.717) is 5.13 Å². The number of carbonyl (C=O) groups is 3. The number of rotatable bonds is 3. The van der Waals surface area contributed by atoms with Crippen molar-refractivity contribution in [2.45, 2.75) is 13.3 Å². The number of hydrogen-bond donors (Lipinski definition) is 3. The smallest absolute Gasteiger partial charge is 0.251 e. The Morgan fingerprint density at radius 2 is 2.12 bits per heavy atom. The lowest BCUT2D eigenvalue weighted by Crippen LogP contribution is -2.28. The van der Waals surface area contributed by atoms with Gasteiger partial charge in [0.2, 0.25) is 5.91 Å². The van der Waals surface area contributed by atoms with Crippen molar-refractivity contribution >= 4 is 34.2 Å². The molecule has 0 atom stereocenters. The molecule has 1 aliphatic heterocycles. The predicted octanol–water partition coefficient (Wildman–Crippen LogP) is -0.443. The molecule has 2 rings (SSSR count). The summed E-state index contributed by atoms with van der Waals surface area (Å²) in [5.41, 5.74) is 5.13. The van der Waals surface area contributed by atoms with Gasteiger partial charge in [-0.1, -0.05) is 0 Å². The molecule has 90 valence electrons. The molecule has 7 nitrogen and oxygen atoms in total. The molecule has 2 heterocycles. The van der Waals surface area contributed by atoms with Crippen molar-refractivity contribution in [1.82, 2.24) is 15.8 Å². The van der Waals surface area contributed by atoms with Gasteiger partial charge in [-0.15, -0.1) is 11.3 Å². The third kappa shape index (κ3) is 2.59. The van der Waals surface area contributed by atoms with Gasteiger partial charge in [0, 0.05) is 11.8 Å². The fraction of sp³-hybridized carbons (Fsp3) is 0.333. The van der Waals surface area contributed by atoms with Gasteiger partial charge in [-0.3, -0.25) is 25.2 Å². The van der Waals surface area contributed by atoms with Crippen LogP contribution in [0.3, 0.4) is 0 Å². The Bertz CT molecular complexity index is 468. The van der Waals surface area contributed by atoms with Crippen molar-refractivity contribution in [1.29, 1.82) is 0 Å². The van der Waals surface area contributed by atoms with Crippen molar-refractivity contribution < 1.29 is 14.4 Å². The highest BCUT2D eigenvalue weighted by Gasteiger charge is 2.34. The van der Waals surface area contributed by atoms with E-state index < -0.39 is 23.6 Å². The second kappa shape index (κ2) is 4.50. The Hall–Kier alpha value is -1.96. The quantitative estimate of drug-likeness (QED) is 0.636. The summed E-state index contributed by atoms with van der Waals surface area (Å²) in [6.07, 6.45) is -0.184. The molecule has 1 aromatic rings. The van der Waals surface area contributed by atoms with Crippen molar-refractivity contribution in [3.63, 3.8) is 0 Å². The number of hydrogen-bond acceptors (Lipinski definition) is 5. The maximum atomic E-state index is 11.6. The standard InChI is InChI=1S/C9H10N4O3S/c1-4-3-17-9(10-4)11-6(14)2-5-7(15)12-13-8(5)16/h3,5H,2H2,1H3,(H,12,15)(H,13,16)(H,10,11,14).